The van der Waals surface area contributed by atoms with E-state index in [9.17, 15) is 10.1 Å². The normalized spacial score (nSPS) is 20.5. The lowest BCUT2D eigenvalue weighted by Gasteiger charge is -2.37. The van der Waals surface area contributed by atoms with Crippen LogP contribution in [-0.4, -0.2) is 19.5 Å². The summed E-state index contributed by atoms with van der Waals surface area (Å²) in [5, 5.41) is 10.0. The lowest BCUT2D eigenvalue weighted by molar-refractivity contribution is -0.119. The summed E-state index contributed by atoms with van der Waals surface area (Å²) in [6, 6.07) is 5.48. The van der Waals surface area contributed by atoms with E-state index in [0.717, 1.165) is 0 Å². The third-order valence-electron chi connectivity index (χ3n) is 5.01. The molecule has 152 valence electrons. The summed E-state index contributed by atoms with van der Waals surface area (Å²) in [5.41, 5.74) is 7.04. The Kier molecular flexibility index (Phi) is 5.63. The van der Waals surface area contributed by atoms with Gasteiger partial charge in [-0.1, -0.05) is 38.1 Å². The summed E-state index contributed by atoms with van der Waals surface area (Å²) >= 11 is 6.45. The van der Waals surface area contributed by atoms with Gasteiger partial charge in [-0.15, -0.1) is 0 Å². The second kappa shape index (κ2) is 7.84. The van der Waals surface area contributed by atoms with Crippen LogP contribution in [0.1, 0.15) is 38.2 Å². The van der Waals surface area contributed by atoms with Gasteiger partial charge in [0, 0.05) is 18.4 Å². The molecule has 29 heavy (non-hydrogen) atoms. The molecule has 1 aliphatic heterocycles. The number of ketones is 1. The number of benzene rings is 1. The number of carbonyl (C=O) groups is 1. The van der Waals surface area contributed by atoms with Crippen LogP contribution in [0.25, 0.3) is 0 Å². The summed E-state index contributed by atoms with van der Waals surface area (Å²) in [6.07, 6.45) is 2.50. The molecular weight excluding hydrogens is 392 g/mol. The summed E-state index contributed by atoms with van der Waals surface area (Å²) in [7, 11) is 1.49. The molecule has 0 radical (unpaired) electrons. The molecule has 0 bridgehead atoms. The Morgan fingerprint density at radius 3 is 2.79 bits per heavy atom. The van der Waals surface area contributed by atoms with Crippen molar-refractivity contribution in [1.82, 2.24) is 0 Å². The Morgan fingerprint density at radius 2 is 2.17 bits per heavy atom. The molecule has 2 aliphatic rings. The third kappa shape index (κ3) is 3.83. The number of nitrogens with zero attached hydrogens (tertiary/aromatic N) is 1. The van der Waals surface area contributed by atoms with E-state index >= 15 is 0 Å². The number of halogens is 1. The van der Waals surface area contributed by atoms with Gasteiger partial charge >= 0.3 is 0 Å². The molecule has 3 rings (SSSR count). The molecule has 1 aromatic carbocycles. The highest BCUT2D eigenvalue weighted by molar-refractivity contribution is 6.32. The Bertz CT molecular complexity index is 985. The van der Waals surface area contributed by atoms with Crippen LogP contribution in [0.4, 0.5) is 0 Å². The molecule has 0 amide bonds. The monoisotopic (exact) mass is 414 g/mol. The zero-order chi connectivity index (χ0) is 21.3. The van der Waals surface area contributed by atoms with Crippen LogP contribution in [0.3, 0.4) is 0 Å². The SMILES string of the molecule is C=CCOc1c(Cl)cc([C@H]2C(C#N)=C(N)OC3=C2C(=O)CC(C)(C)C3)cc1OC. The maximum Gasteiger partial charge on any atom is 0.205 e. The minimum absolute atomic E-state index is 0.00354. The zero-order valence-corrected chi connectivity index (χ0v) is 17.4. The first-order valence-electron chi connectivity index (χ1n) is 9.17. The molecule has 0 aromatic heterocycles. The molecule has 7 heteroatoms. The fourth-order valence-corrected chi connectivity index (χ4v) is 4.08. The first kappa shape index (κ1) is 20.8. The third-order valence-corrected chi connectivity index (χ3v) is 5.29. The predicted octanol–water partition coefficient (Wildman–Crippen LogP) is 4.36. The Hall–Kier alpha value is -2.91. The fraction of sp³-hybridized carbons (Fsp3) is 0.364. The quantitative estimate of drug-likeness (QED) is 0.719. The lowest BCUT2D eigenvalue weighted by atomic mass is 9.70. The number of rotatable bonds is 5. The van der Waals surface area contributed by atoms with Gasteiger partial charge in [0.05, 0.1) is 18.1 Å². The molecule has 0 saturated heterocycles. The molecule has 0 saturated carbocycles. The van der Waals surface area contributed by atoms with Crippen molar-refractivity contribution in [1.29, 1.82) is 5.26 Å². The van der Waals surface area contributed by atoms with Crippen LogP contribution >= 0.6 is 11.6 Å². The maximum atomic E-state index is 13.0. The van der Waals surface area contributed by atoms with E-state index < -0.39 is 5.92 Å². The van der Waals surface area contributed by atoms with Crippen molar-refractivity contribution in [2.75, 3.05) is 13.7 Å². The van der Waals surface area contributed by atoms with Crippen LogP contribution in [0.5, 0.6) is 11.5 Å². The number of carbonyl (C=O) groups excluding carboxylic acids is 1. The van der Waals surface area contributed by atoms with Gasteiger partial charge in [0.25, 0.3) is 0 Å². The number of hydrogen-bond acceptors (Lipinski definition) is 6. The maximum absolute atomic E-state index is 13.0. The molecule has 0 fully saturated rings. The highest BCUT2D eigenvalue weighted by Gasteiger charge is 2.43. The summed E-state index contributed by atoms with van der Waals surface area (Å²) < 4.78 is 16.7. The summed E-state index contributed by atoms with van der Waals surface area (Å²) in [5.74, 6) is 0.530. The second-order valence-electron chi connectivity index (χ2n) is 7.84. The van der Waals surface area contributed by atoms with Crippen LogP contribution in [0.15, 0.2) is 47.6 Å². The number of hydrogen-bond donors (Lipinski definition) is 1. The molecule has 0 spiro atoms. The van der Waals surface area contributed by atoms with E-state index in [1.165, 1.54) is 7.11 Å². The minimum atomic E-state index is -0.674. The smallest absolute Gasteiger partial charge is 0.205 e. The van der Waals surface area contributed by atoms with Crippen LogP contribution in [-0.2, 0) is 9.53 Å². The Labute approximate surface area is 175 Å². The topological polar surface area (TPSA) is 94.6 Å². The van der Waals surface area contributed by atoms with Crippen LogP contribution in [0.2, 0.25) is 5.02 Å². The van der Waals surface area contributed by atoms with Gasteiger partial charge in [-0.05, 0) is 23.1 Å². The Morgan fingerprint density at radius 1 is 1.45 bits per heavy atom. The summed E-state index contributed by atoms with van der Waals surface area (Å²) in [6.45, 7) is 7.88. The van der Waals surface area contributed by atoms with Crippen molar-refractivity contribution in [2.45, 2.75) is 32.6 Å². The predicted molar refractivity (Wildman–Crippen MR) is 109 cm³/mol. The Balaban J connectivity index is 2.18. The first-order valence-corrected chi connectivity index (χ1v) is 9.55. The number of Topliss-reactive ketones (excluding diaryl/α,β-unsaturated/α-hetero) is 1. The van der Waals surface area contributed by atoms with Gasteiger partial charge in [0.15, 0.2) is 17.3 Å². The van der Waals surface area contributed by atoms with Crippen LogP contribution < -0.4 is 15.2 Å². The zero-order valence-electron chi connectivity index (χ0n) is 16.7. The fourth-order valence-electron chi connectivity index (χ4n) is 3.81. The van der Waals surface area contributed by atoms with Gasteiger partial charge in [-0.2, -0.15) is 5.26 Å². The van der Waals surface area contributed by atoms with Crippen LogP contribution in [0, 0.1) is 16.7 Å². The average Bonchev–Trinajstić information content (AvgIpc) is 2.64. The number of ether oxygens (including phenoxy) is 3. The molecule has 1 atom stereocenters. The highest BCUT2D eigenvalue weighted by Crippen LogP contribution is 2.49. The standard InChI is InChI=1S/C22H23ClN2O4/c1-5-6-28-20-14(23)7-12(8-16(20)27-4)18-13(11-24)21(25)29-17-10-22(2,3)9-15(26)19(17)18/h5,7-8,18H,1,6,9-10,25H2,2-4H3/t18-/m0/s1. The van der Waals surface area contributed by atoms with Crippen molar-refractivity contribution in [2.24, 2.45) is 11.1 Å². The second-order valence-corrected chi connectivity index (χ2v) is 8.24. The van der Waals surface area contributed by atoms with Crippen molar-refractivity contribution < 1.29 is 19.0 Å². The number of nitriles is 1. The average molecular weight is 415 g/mol. The van der Waals surface area contributed by atoms with Gasteiger partial charge in [-0.25, -0.2) is 0 Å². The molecular formula is C22H23ClN2O4. The van der Waals surface area contributed by atoms with Crippen molar-refractivity contribution in [3.63, 3.8) is 0 Å². The van der Waals surface area contributed by atoms with Gasteiger partial charge in [0.2, 0.25) is 5.88 Å². The van der Waals surface area contributed by atoms with Crippen molar-refractivity contribution >= 4 is 17.4 Å². The lowest BCUT2D eigenvalue weighted by Crippen LogP contribution is -2.33. The molecule has 2 N–H and O–H groups in total. The molecule has 1 aromatic rings. The van der Waals surface area contributed by atoms with E-state index in [1.54, 1.807) is 18.2 Å². The molecule has 0 unspecified atom stereocenters. The van der Waals surface area contributed by atoms with E-state index in [1.807, 2.05) is 13.8 Å². The highest BCUT2D eigenvalue weighted by atomic mass is 35.5. The van der Waals surface area contributed by atoms with E-state index in [4.69, 9.17) is 31.5 Å². The number of nitrogens with two attached hydrogens (primary N) is 1. The van der Waals surface area contributed by atoms with Gasteiger partial charge < -0.3 is 19.9 Å². The van der Waals surface area contributed by atoms with Crippen molar-refractivity contribution in [3.8, 4) is 17.6 Å². The van der Waals surface area contributed by atoms with Gasteiger partial charge in [0.1, 0.15) is 24.0 Å². The molecule has 1 aliphatic carbocycles. The van der Waals surface area contributed by atoms with E-state index in [2.05, 4.69) is 12.6 Å². The van der Waals surface area contributed by atoms with E-state index in [-0.39, 0.29) is 29.3 Å². The largest absolute Gasteiger partial charge is 0.493 e. The molecule has 6 nitrogen and oxygen atoms in total. The van der Waals surface area contributed by atoms with E-state index in [0.29, 0.717) is 46.3 Å². The number of allylic oxidation sites excluding steroid dienone is 3. The van der Waals surface area contributed by atoms with Gasteiger partial charge in [-0.3, -0.25) is 4.79 Å². The van der Waals surface area contributed by atoms with Crippen molar-refractivity contribution in [3.05, 3.63) is 58.2 Å². The molecule has 1 heterocycles. The minimum Gasteiger partial charge on any atom is -0.493 e. The number of methoxy groups -OCH3 is 1. The first-order chi connectivity index (χ1) is 13.7. The summed E-state index contributed by atoms with van der Waals surface area (Å²) in [4.78, 5) is 13.0.